The number of carbonyl (C=O) groups excluding carboxylic acids is 1. The van der Waals surface area contributed by atoms with Crippen LogP contribution in [0.3, 0.4) is 0 Å². The number of nitrogens with zero attached hydrogens (tertiary/aromatic N) is 3. The number of primary amides is 1. The fourth-order valence-electron chi connectivity index (χ4n) is 2.92. The normalized spacial score (nSPS) is 20.7. The quantitative estimate of drug-likeness (QED) is 0.870. The first-order valence-corrected chi connectivity index (χ1v) is 9.15. The third kappa shape index (κ3) is 2.83. The largest absolute Gasteiger partial charge is 0.369 e. The molecule has 1 aromatic carbocycles. The van der Waals surface area contributed by atoms with Crippen molar-refractivity contribution in [2.75, 3.05) is 11.2 Å². The fraction of sp³-hybridized carbons (Fsp3) is 0.400. The lowest BCUT2D eigenvalue weighted by Gasteiger charge is -2.39. The number of carbonyl (C=O) groups is 1. The smallest absolute Gasteiger partial charge is 0.225 e. The number of nitrogens with two attached hydrogens (primary N) is 1. The van der Waals surface area contributed by atoms with Gasteiger partial charge in [0, 0.05) is 11.7 Å². The van der Waals surface area contributed by atoms with E-state index in [1.165, 1.54) is 0 Å². The highest BCUT2D eigenvalue weighted by Gasteiger charge is 2.33. The van der Waals surface area contributed by atoms with Crippen LogP contribution in [0.1, 0.15) is 29.8 Å². The Morgan fingerprint density at radius 3 is 2.91 bits per heavy atom. The second-order valence-corrected chi connectivity index (χ2v) is 7.51. The number of hydrogen-bond donors (Lipinski definition) is 1. The lowest BCUT2D eigenvalue weighted by atomic mass is 9.85. The number of anilines is 1. The Balaban J connectivity index is 1.93. The molecule has 0 bridgehead atoms. The van der Waals surface area contributed by atoms with Crippen molar-refractivity contribution in [2.45, 2.75) is 36.2 Å². The van der Waals surface area contributed by atoms with Gasteiger partial charge in [0.2, 0.25) is 5.91 Å². The number of hydrogen-bond acceptors (Lipinski definition) is 6. The third-order valence-electron chi connectivity index (χ3n) is 4.00. The van der Waals surface area contributed by atoms with Crippen molar-refractivity contribution >= 4 is 34.7 Å². The molecule has 116 valence electrons. The van der Waals surface area contributed by atoms with E-state index < -0.39 is 0 Å². The summed E-state index contributed by atoms with van der Waals surface area (Å²) in [5.74, 6) is -0.460. The van der Waals surface area contributed by atoms with E-state index in [2.05, 4.69) is 28.1 Å². The Morgan fingerprint density at radius 2 is 2.23 bits per heavy atom. The number of thioether (sulfide) groups is 1. The van der Waals surface area contributed by atoms with Crippen LogP contribution in [0, 0.1) is 0 Å². The highest BCUT2D eigenvalue weighted by atomic mass is 32.2. The van der Waals surface area contributed by atoms with Gasteiger partial charge in [0.15, 0.2) is 4.34 Å². The molecule has 22 heavy (non-hydrogen) atoms. The van der Waals surface area contributed by atoms with Crippen molar-refractivity contribution in [2.24, 2.45) is 5.73 Å². The van der Waals surface area contributed by atoms with Crippen LogP contribution in [0.15, 0.2) is 28.6 Å². The Hall–Kier alpha value is -1.60. The van der Waals surface area contributed by atoms with Gasteiger partial charge >= 0.3 is 0 Å². The summed E-state index contributed by atoms with van der Waals surface area (Å²) in [4.78, 5) is 14.0. The van der Waals surface area contributed by atoms with Crippen molar-refractivity contribution in [1.82, 2.24) is 10.2 Å². The molecule has 0 saturated heterocycles. The molecule has 0 spiro atoms. The molecule has 1 amide bonds. The summed E-state index contributed by atoms with van der Waals surface area (Å²) in [7, 11) is 0. The molecule has 5 nitrogen and oxygen atoms in total. The standard InChI is InChI=1S/C15H18N4OS2/c1-9-7-11(14(16)20)10-5-3-4-6-12(10)19(9)8-13-17-18-15(21-2)22-13/h3-6,9,11H,7-8H2,1-2H3,(H2,16,20)/t9-,11+/m0/s1. The Morgan fingerprint density at radius 1 is 1.45 bits per heavy atom. The molecule has 7 heteroatoms. The minimum atomic E-state index is -0.250. The Kier molecular flexibility index (Phi) is 4.35. The Bertz CT molecular complexity index is 688. The molecule has 0 unspecified atom stereocenters. The molecule has 2 aromatic rings. The molecule has 2 atom stereocenters. The highest BCUT2D eigenvalue weighted by Crippen LogP contribution is 2.39. The van der Waals surface area contributed by atoms with Gasteiger partial charge in [-0.1, -0.05) is 41.3 Å². The monoisotopic (exact) mass is 334 g/mol. The molecule has 0 aliphatic carbocycles. The minimum Gasteiger partial charge on any atom is -0.369 e. The zero-order valence-corrected chi connectivity index (χ0v) is 14.2. The third-order valence-corrected chi connectivity index (χ3v) is 5.89. The molecule has 2 N–H and O–H groups in total. The van der Waals surface area contributed by atoms with Gasteiger partial charge in [0.05, 0.1) is 12.5 Å². The van der Waals surface area contributed by atoms with Crippen molar-refractivity contribution in [3.05, 3.63) is 34.8 Å². The molecule has 3 rings (SSSR count). The maximum absolute atomic E-state index is 11.8. The first-order chi connectivity index (χ1) is 10.6. The number of benzene rings is 1. The molecule has 0 fully saturated rings. The fourth-order valence-corrected chi connectivity index (χ4v) is 4.23. The number of aromatic nitrogens is 2. The van der Waals surface area contributed by atoms with Gasteiger partial charge in [-0.25, -0.2) is 0 Å². The van der Waals surface area contributed by atoms with Gasteiger partial charge in [-0.15, -0.1) is 10.2 Å². The van der Waals surface area contributed by atoms with E-state index in [-0.39, 0.29) is 17.9 Å². The van der Waals surface area contributed by atoms with E-state index in [9.17, 15) is 4.79 Å². The number of para-hydroxylation sites is 1. The summed E-state index contributed by atoms with van der Waals surface area (Å²) in [6.07, 6.45) is 2.74. The summed E-state index contributed by atoms with van der Waals surface area (Å²) in [6, 6.07) is 8.23. The molecule has 1 aliphatic heterocycles. The second-order valence-electron chi connectivity index (χ2n) is 5.39. The predicted molar refractivity (Wildman–Crippen MR) is 90.3 cm³/mol. The molecule has 0 saturated carbocycles. The van der Waals surface area contributed by atoms with E-state index in [1.54, 1.807) is 23.1 Å². The van der Waals surface area contributed by atoms with Gasteiger partial charge in [-0.05, 0) is 31.2 Å². The van der Waals surface area contributed by atoms with Crippen molar-refractivity contribution in [3.63, 3.8) is 0 Å². The lowest BCUT2D eigenvalue weighted by Crippen LogP contribution is -2.41. The van der Waals surface area contributed by atoms with Crippen molar-refractivity contribution in [3.8, 4) is 0 Å². The van der Waals surface area contributed by atoms with Crippen LogP contribution >= 0.6 is 23.1 Å². The van der Waals surface area contributed by atoms with E-state index >= 15 is 0 Å². The first kappa shape index (κ1) is 15.3. The van der Waals surface area contributed by atoms with Gasteiger partial charge < -0.3 is 10.6 Å². The predicted octanol–water partition coefficient (Wildman–Crippen LogP) is 2.63. The van der Waals surface area contributed by atoms with Crippen molar-refractivity contribution < 1.29 is 4.79 Å². The second kappa shape index (κ2) is 6.26. The van der Waals surface area contributed by atoms with Crippen LogP contribution < -0.4 is 10.6 Å². The summed E-state index contributed by atoms with van der Waals surface area (Å²) in [6.45, 7) is 2.84. The molecule has 2 heterocycles. The average molecular weight is 334 g/mol. The summed E-state index contributed by atoms with van der Waals surface area (Å²) < 4.78 is 0.975. The van der Waals surface area contributed by atoms with Gasteiger partial charge in [-0.2, -0.15) is 0 Å². The zero-order valence-electron chi connectivity index (χ0n) is 12.5. The molecular weight excluding hydrogens is 316 g/mol. The molecular formula is C15H18N4OS2. The Labute approximate surface area is 137 Å². The average Bonchev–Trinajstić information content (AvgIpc) is 2.97. The van der Waals surface area contributed by atoms with Crippen LogP contribution in [0.5, 0.6) is 0 Å². The highest BCUT2D eigenvalue weighted by molar-refractivity contribution is 8.00. The first-order valence-electron chi connectivity index (χ1n) is 7.11. The van der Waals surface area contributed by atoms with E-state index in [4.69, 9.17) is 5.73 Å². The van der Waals surface area contributed by atoms with Gasteiger partial charge in [0.25, 0.3) is 0 Å². The lowest BCUT2D eigenvalue weighted by molar-refractivity contribution is -0.119. The SMILES string of the molecule is CSc1nnc(CN2c3ccccc3[C@H](C(N)=O)C[C@@H]2C)s1. The van der Waals surface area contributed by atoms with Crippen LogP contribution in [0.2, 0.25) is 0 Å². The van der Waals surface area contributed by atoms with E-state index in [0.29, 0.717) is 6.54 Å². The maximum Gasteiger partial charge on any atom is 0.225 e. The number of fused-ring (bicyclic) bond motifs is 1. The number of amides is 1. The van der Waals surface area contributed by atoms with Crippen LogP contribution in [-0.2, 0) is 11.3 Å². The van der Waals surface area contributed by atoms with Crippen molar-refractivity contribution in [1.29, 1.82) is 0 Å². The molecule has 1 aliphatic rings. The summed E-state index contributed by atoms with van der Waals surface area (Å²) >= 11 is 3.23. The topological polar surface area (TPSA) is 72.1 Å². The minimum absolute atomic E-state index is 0.210. The van der Waals surface area contributed by atoms with Crippen LogP contribution in [0.4, 0.5) is 5.69 Å². The van der Waals surface area contributed by atoms with Crippen LogP contribution in [0.25, 0.3) is 0 Å². The van der Waals surface area contributed by atoms with Gasteiger partial charge in [-0.3, -0.25) is 4.79 Å². The van der Waals surface area contributed by atoms with E-state index in [0.717, 1.165) is 27.0 Å². The number of rotatable bonds is 4. The molecule has 0 radical (unpaired) electrons. The van der Waals surface area contributed by atoms with E-state index in [1.807, 2.05) is 24.5 Å². The maximum atomic E-state index is 11.8. The molecule has 1 aromatic heterocycles. The summed E-state index contributed by atoms with van der Waals surface area (Å²) in [5.41, 5.74) is 7.67. The van der Waals surface area contributed by atoms with Gasteiger partial charge in [0.1, 0.15) is 5.01 Å². The zero-order chi connectivity index (χ0) is 15.7. The summed E-state index contributed by atoms with van der Waals surface area (Å²) in [5, 5.41) is 9.40. The van der Waals surface area contributed by atoms with Crippen LogP contribution in [-0.4, -0.2) is 28.4 Å².